The lowest BCUT2D eigenvalue weighted by Gasteiger charge is -2.30. The molecule has 2 aromatic carbocycles. The number of halogens is 1. The van der Waals surface area contributed by atoms with Crippen LogP contribution in [0.4, 0.5) is 14.9 Å². The Morgan fingerprint density at radius 3 is 2.64 bits per heavy atom. The van der Waals surface area contributed by atoms with E-state index in [4.69, 9.17) is 0 Å². The molecule has 4 nitrogen and oxygen atoms in total. The minimum atomic E-state index is -0.318. The topological polar surface area (TPSA) is 53.2 Å². The summed E-state index contributed by atoms with van der Waals surface area (Å²) in [4.78, 5) is 12.0. The van der Waals surface area contributed by atoms with Crippen molar-refractivity contribution in [2.75, 3.05) is 18.4 Å². The molecule has 0 aliphatic carbocycles. The summed E-state index contributed by atoms with van der Waals surface area (Å²) in [5.41, 5.74) is 1.95. The van der Waals surface area contributed by atoms with Gasteiger partial charge in [0.25, 0.3) is 0 Å². The smallest absolute Gasteiger partial charge is 0.319 e. The van der Waals surface area contributed by atoms with E-state index < -0.39 is 0 Å². The van der Waals surface area contributed by atoms with Crippen LogP contribution in [0.3, 0.4) is 0 Å². The van der Waals surface area contributed by atoms with Crippen LogP contribution in [-0.4, -0.2) is 25.2 Å². The fraction of sp³-hybridized carbons (Fsp3) is 0.350. The van der Waals surface area contributed by atoms with Gasteiger partial charge in [-0.25, -0.2) is 9.18 Å². The van der Waals surface area contributed by atoms with Crippen LogP contribution >= 0.6 is 0 Å². The zero-order chi connectivity index (χ0) is 17.5. The van der Waals surface area contributed by atoms with E-state index in [1.165, 1.54) is 17.7 Å². The van der Waals surface area contributed by atoms with Gasteiger partial charge in [0.15, 0.2) is 0 Å². The molecule has 132 valence electrons. The molecule has 1 fully saturated rings. The standard InChI is InChI=1S/C20H24FN3O/c21-17-6-8-18(9-7-17)24-20(25)23-14-19-13-16(10-11-22-19)12-15-4-2-1-3-5-15/h1-9,16,19,22H,10-14H2,(H2,23,24,25)/t16-,19+/m0/s1. The van der Waals surface area contributed by atoms with Crippen LogP contribution in [0.1, 0.15) is 18.4 Å². The first-order valence-electron chi connectivity index (χ1n) is 8.77. The highest BCUT2D eigenvalue weighted by atomic mass is 19.1. The summed E-state index contributed by atoms with van der Waals surface area (Å²) in [6, 6.07) is 16.3. The van der Waals surface area contributed by atoms with Crippen LogP contribution in [0.5, 0.6) is 0 Å². The molecule has 1 aliphatic heterocycles. The molecular weight excluding hydrogens is 317 g/mol. The van der Waals surface area contributed by atoms with Gasteiger partial charge in [-0.3, -0.25) is 0 Å². The van der Waals surface area contributed by atoms with E-state index in [-0.39, 0.29) is 17.9 Å². The van der Waals surface area contributed by atoms with Gasteiger partial charge in [0.1, 0.15) is 5.82 Å². The third kappa shape index (κ3) is 5.57. The maximum atomic E-state index is 12.9. The van der Waals surface area contributed by atoms with E-state index in [1.807, 2.05) is 6.07 Å². The van der Waals surface area contributed by atoms with Crippen LogP contribution in [0.25, 0.3) is 0 Å². The van der Waals surface area contributed by atoms with E-state index in [9.17, 15) is 9.18 Å². The number of carbonyl (C=O) groups excluding carboxylic acids is 1. The largest absolute Gasteiger partial charge is 0.336 e. The molecule has 0 radical (unpaired) electrons. The zero-order valence-corrected chi connectivity index (χ0v) is 14.2. The normalized spacial score (nSPS) is 20.0. The summed E-state index contributed by atoms with van der Waals surface area (Å²) in [6.07, 6.45) is 3.29. The van der Waals surface area contributed by atoms with Crippen molar-refractivity contribution in [1.29, 1.82) is 0 Å². The minimum absolute atomic E-state index is 0.265. The Morgan fingerprint density at radius 2 is 1.88 bits per heavy atom. The fourth-order valence-corrected chi connectivity index (χ4v) is 3.31. The summed E-state index contributed by atoms with van der Waals surface area (Å²) < 4.78 is 12.9. The maximum Gasteiger partial charge on any atom is 0.319 e. The van der Waals surface area contributed by atoms with Gasteiger partial charge in [-0.15, -0.1) is 0 Å². The lowest BCUT2D eigenvalue weighted by Crippen LogP contribution is -2.47. The monoisotopic (exact) mass is 341 g/mol. The van der Waals surface area contributed by atoms with E-state index in [0.717, 1.165) is 25.8 Å². The van der Waals surface area contributed by atoms with Crippen molar-refractivity contribution in [2.45, 2.75) is 25.3 Å². The van der Waals surface area contributed by atoms with Crippen LogP contribution in [0.2, 0.25) is 0 Å². The van der Waals surface area contributed by atoms with Gasteiger partial charge in [-0.05, 0) is 61.6 Å². The number of carbonyl (C=O) groups is 1. The molecule has 3 rings (SSSR count). The Labute approximate surface area is 147 Å². The number of amides is 2. The SMILES string of the molecule is O=C(NC[C@H]1C[C@H](Cc2ccccc2)CCN1)Nc1ccc(F)cc1. The molecule has 2 atom stereocenters. The van der Waals surface area contributed by atoms with Crippen molar-refractivity contribution in [1.82, 2.24) is 10.6 Å². The van der Waals surface area contributed by atoms with Gasteiger partial charge in [0, 0.05) is 18.3 Å². The third-order valence-corrected chi connectivity index (χ3v) is 4.58. The molecule has 3 N–H and O–H groups in total. The second kappa shape index (κ2) is 8.62. The van der Waals surface area contributed by atoms with Gasteiger partial charge >= 0.3 is 6.03 Å². The number of anilines is 1. The molecule has 1 saturated heterocycles. The summed E-state index contributed by atoms with van der Waals surface area (Å²) in [5.74, 6) is 0.317. The predicted molar refractivity (Wildman–Crippen MR) is 98.1 cm³/mol. The summed E-state index contributed by atoms with van der Waals surface area (Å²) in [7, 11) is 0. The Morgan fingerprint density at radius 1 is 1.12 bits per heavy atom. The molecule has 0 bridgehead atoms. The second-order valence-electron chi connectivity index (χ2n) is 6.57. The summed E-state index contributed by atoms with van der Waals surface area (Å²) >= 11 is 0. The van der Waals surface area contributed by atoms with Gasteiger partial charge < -0.3 is 16.0 Å². The van der Waals surface area contributed by atoms with E-state index in [2.05, 4.69) is 40.2 Å². The minimum Gasteiger partial charge on any atom is -0.336 e. The number of urea groups is 1. The lowest BCUT2D eigenvalue weighted by molar-refractivity contribution is 0.246. The van der Waals surface area contributed by atoms with Crippen molar-refractivity contribution < 1.29 is 9.18 Å². The number of hydrogen-bond donors (Lipinski definition) is 3. The molecule has 2 aromatic rings. The highest BCUT2D eigenvalue weighted by molar-refractivity contribution is 5.89. The predicted octanol–water partition coefficient (Wildman–Crippen LogP) is 3.56. The summed E-state index contributed by atoms with van der Waals surface area (Å²) in [5, 5.41) is 9.08. The molecule has 2 amide bonds. The number of nitrogens with one attached hydrogen (secondary N) is 3. The second-order valence-corrected chi connectivity index (χ2v) is 6.57. The van der Waals surface area contributed by atoms with Crippen LogP contribution in [0, 0.1) is 11.7 Å². The highest BCUT2D eigenvalue weighted by Gasteiger charge is 2.22. The molecule has 0 aromatic heterocycles. The summed E-state index contributed by atoms with van der Waals surface area (Å²) in [6.45, 7) is 1.56. The van der Waals surface area contributed by atoms with Crippen molar-refractivity contribution in [2.24, 2.45) is 5.92 Å². The zero-order valence-electron chi connectivity index (χ0n) is 14.2. The number of benzene rings is 2. The van der Waals surface area contributed by atoms with Crippen molar-refractivity contribution in [3.63, 3.8) is 0 Å². The van der Waals surface area contributed by atoms with Crippen LogP contribution < -0.4 is 16.0 Å². The first-order chi connectivity index (χ1) is 12.2. The van der Waals surface area contributed by atoms with Crippen molar-refractivity contribution >= 4 is 11.7 Å². The average molecular weight is 341 g/mol. The van der Waals surface area contributed by atoms with Crippen LogP contribution in [0.15, 0.2) is 54.6 Å². The Bertz CT molecular complexity index is 675. The maximum absolute atomic E-state index is 12.9. The first kappa shape index (κ1) is 17.4. The first-order valence-corrected chi connectivity index (χ1v) is 8.77. The lowest BCUT2D eigenvalue weighted by atomic mass is 9.87. The number of hydrogen-bond acceptors (Lipinski definition) is 2. The van der Waals surface area contributed by atoms with Crippen molar-refractivity contribution in [3.05, 3.63) is 66.0 Å². The third-order valence-electron chi connectivity index (χ3n) is 4.58. The molecule has 1 heterocycles. The molecule has 0 unspecified atom stereocenters. The van der Waals surface area contributed by atoms with E-state index in [0.29, 0.717) is 18.2 Å². The molecule has 1 aliphatic rings. The average Bonchev–Trinajstić information content (AvgIpc) is 2.63. The molecular formula is C20H24FN3O. The quantitative estimate of drug-likeness (QED) is 0.779. The van der Waals surface area contributed by atoms with E-state index >= 15 is 0 Å². The molecule has 0 spiro atoms. The number of rotatable bonds is 5. The van der Waals surface area contributed by atoms with Gasteiger partial charge in [-0.2, -0.15) is 0 Å². The van der Waals surface area contributed by atoms with Crippen molar-refractivity contribution in [3.8, 4) is 0 Å². The van der Waals surface area contributed by atoms with Gasteiger partial charge in [-0.1, -0.05) is 30.3 Å². The number of piperidine rings is 1. The Kier molecular flexibility index (Phi) is 6.01. The van der Waals surface area contributed by atoms with E-state index in [1.54, 1.807) is 12.1 Å². The molecule has 25 heavy (non-hydrogen) atoms. The highest BCUT2D eigenvalue weighted by Crippen LogP contribution is 2.21. The molecule has 0 saturated carbocycles. The van der Waals surface area contributed by atoms with Gasteiger partial charge in [0.2, 0.25) is 0 Å². The van der Waals surface area contributed by atoms with Crippen LogP contribution in [-0.2, 0) is 6.42 Å². The van der Waals surface area contributed by atoms with Gasteiger partial charge in [0.05, 0.1) is 0 Å². The molecule has 5 heteroatoms. The Hall–Kier alpha value is -2.40. The Balaban J connectivity index is 1.43. The fourth-order valence-electron chi connectivity index (χ4n) is 3.31.